The molecular weight excluding hydrogens is 623 g/mol. The molecule has 1 unspecified atom stereocenters. The number of urea groups is 1. The lowest BCUT2D eigenvalue weighted by Gasteiger charge is -2.38. The third-order valence-electron chi connectivity index (χ3n) is 9.21. The highest BCUT2D eigenvalue weighted by Gasteiger charge is 2.70. The van der Waals surface area contributed by atoms with Crippen LogP contribution in [0.2, 0.25) is 0 Å². The highest BCUT2D eigenvalue weighted by Crippen LogP contribution is 2.65. The van der Waals surface area contributed by atoms with Crippen molar-refractivity contribution >= 4 is 35.5 Å². The fourth-order valence-corrected chi connectivity index (χ4v) is 6.12. The van der Waals surface area contributed by atoms with Gasteiger partial charge in [0.05, 0.1) is 13.0 Å². The van der Waals surface area contributed by atoms with Crippen LogP contribution in [0.25, 0.3) is 0 Å². The number of nitrogens with one attached hydrogen (secondary N) is 4. The second-order valence-corrected chi connectivity index (χ2v) is 14.8. The van der Waals surface area contributed by atoms with Gasteiger partial charge in [0, 0.05) is 13.1 Å². The first-order chi connectivity index (χ1) is 21.6. The maximum atomic E-state index is 14.1. The third kappa shape index (κ3) is 9.47. The number of esters is 1. The Morgan fingerprint density at radius 1 is 1.02 bits per heavy atom. The number of likely N-dealkylation sites (tertiary alicyclic amines) is 1. The van der Waals surface area contributed by atoms with Crippen molar-refractivity contribution in [1.82, 2.24) is 26.2 Å². The molecule has 0 aromatic rings. The Hall–Kier alpha value is -3.65. The molecule has 3 fully saturated rings. The average Bonchev–Trinajstić information content (AvgIpc) is 3.81. The van der Waals surface area contributed by atoms with Crippen LogP contribution in [0.3, 0.4) is 0 Å². The molecule has 5 amide bonds. The lowest BCUT2D eigenvalue weighted by molar-refractivity contribution is -0.155. The van der Waals surface area contributed by atoms with Crippen LogP contribution < -0.4 is 21.3 Å². The number of alkyl halides is 3. The summed E-state index contributed by atoms with van der Waals surface area (Å²) in [6.45, 7) is 15.8. The molecule has 4 N–H and O–H groups in total. The van der Waals surface area contributed by atoms with Crippen molar-refractivity contribution in [2.24, 2.45) is 34.5 Å². The first-order valence-corrected chi connectivity index (χ1v) is 15.9. The Balaban J connectivity index is 1.82. The lowest BCUT2D eigenvalue weighted by Crippen LogP contribution is -2.62. The summed E-state index contributed by atoms with van der Waals surface area (Å²) in [6, 6.07) is -6.51. The van der Waals surface area contributed by atoms with E-state index in [2.05, 4.69) is 27.8 Å². The van der Waals surface area contributed by atoms with Gasteiger partial charge in [0.2, 0.25) is 17.6 Å². The van der Waals surface area contributed by atoms with Crippen molar-refractivity contribution in [3.63, 3.8) is 0 Å². The summed E-state index contributed by atoms with van der Waals surface area (Å²) in [6.07, 6.45) is -3.50. The van der Waals surface area contributed by atoms with E-state index in [-0.39, 0.29) is 31.5 Å². The standard InChI is InChI=1S/C32H48F3N5O7/c1-9-12-36-26(43)23(41)19(13-32(33,34)35)37-25(42)22-20-18(31(20,7)8)14-40(22)27(44)24(30(4,5)6)39-29(46)38-21(16(2)3)28(45)47-15-17-10-11-17/h9,16-22,24H,1,10-15H2,2-8H3,(H,36,43)(H,37,42)(H2,38,39,46)/t18-,19?,20-,21-,22-,24+/m0/s1. The third-order valence-corrected chi connectivity index (χ3v) is 9.21. The molecule has 1 heterocycles. The molecule has 1 saturated heterocycles. The smallest absolute Gasteiger partial charge is 0.391 e. The summed E-state index contributed by atoms with van der Waals surface area (Å²) in [5.74, 6) is -5.68. The Morgan fingerprint density at radius 3 is 2.15 bits per heavy atom. The number of carbonyl (C=O) groups excluding carboxylic acids is 6. The van der Waals surface area contributed by atoms with Crippen LogP contribution in [-0.4, -0.2) is 90.4 Å². The number of rotatable bonds is 14. The lowest BCUT2D eigenvalue weighted by atomic mass is 9.85. The van der Waals surface area contributed by atoms with E-state index in [1.807, 2.05) is 13.8 Å². The summed E-state index contributed by atoms with van der Waals surface area (Å²) in [5.41, 5.74) is -1.34. The Bertz CT molecular complexity index is 1260. The summed E-state index contributed by atoms with van der Waals surface area (Å²) >= 11 is 0. The van der Waals surface area contributed by atoms with Gasteiger partial charge in [-0.2, -0.15) is 13.2 Å². The maximum Gasteiger partial charge on any atom is 0.391 e. The van der Waals surface area contributed by atoms with Gasteiger partial charge in [0.15, 0.2) is 0 Å². The molecule has 3 rings (SSSR count). The molecule has 12 nitrogen and oxygen atoms in total. The van der Waals surface area contributed by atoms with Gasteiger partial charge in [-0.3, -0.25) is 19.2 Å². The summed E-state index contributed by atoms with van der Waals surface area (Å²) < 4.78 is 45.7. The molecular formula is C32H48F3N5O7. The fourth-order valence-electron chi connectivity index (χ4n) is 6.12. The molecule has 3 aliphatic rings. The molecule has 15 heteroatoms. The predicted octanol–water partition coefficient (Wildman–Crippen LogP) is 2.47. The van der Waals surface area contributed by atoms with E-state index < -0.39 is 89.0 Å². The largest absolute Gasteiger partial charge is 0.464 e. The van der Waals surface area contributed by atoms with Gasteiger partial charge in [0.1, 0.15) is 24.2 Å². The van der Waals surface area contributed by atoms with E-state index in [4.69, 9.17) is 4.74 Å². The Labute approximate surface area is 273 Å². The molecule has 0 radical (unpaired) electrons. The fraction of sp³-hybridized carbons (Fsp3) is 0.750. The minimum absolute atomic E-state index is 0.0876. The van der Waals surface area contributed by atoms with Gasteiger partial charge in [-0.1, -0.05) is 54.5 Å². The number of ketones is 1. The van der Waals surface area contributed by atoms with Crippen molar-refractivity contribution in [2.75, 3.05) is 19.7 Å². The molecule has 0 spiro atoms. The normalized spacial score (nSPS) is 23.5. The number of fused-ring (bicyclic) bond motifs is 1. The average molecular weight is 672 g/mol. The van der Waals surface area contributed by atoms with Crippen molar-refractivity contribution in [3.05, 3.63) is 12.7 Å². The highest BCUT2D eigenvalue weighted by molar-refractivity contribution is 6.38. The molecule has 0 aromatic heterocycles. The monoisotopic (exact) mass is 671 g/mol. The van der Waals surface area contributed by atoms with Crippen LogP contribution in [0.15, 0.2) is 12.7 Å². The van der Waals surface area contributed by atoms with Crippen LogP contribution in [-0.2, 0) is 28.7 Å². The molecule has 0 aromatic carbocycles. The van der Waals surface area contributed by atoms with E-state index in [0.717, 1.165) is 12.8 Å². The van der Waals surface area contributed by atoms with Crippen molar-refractivity contribution in [3.8, 4) is 0 Å². The van der Waals surface area contributed by atoms with Crippen LogP contribution in [0.5, 0.6) is 0 Å². The van der Waals surface area contributed by atoms with Crippen molar-refractivity contribution < 1.29 is 46.7 Å². The van der Waals surface area contributed by atoms with E-state index >= 15 is 0 Å². The predicted molar refractivity (Wildman–Crippen MR) is 164 cm³/mol. The molecule has 2 saturated carbocycles. The van der Waals surface area contributed by atoms with Crippen LogP contribution in [0, 0.1) is 34.5 Å². The molecule has 6 atom stereocenters. The Morgan fingerprint density at radius 2 is 1.64 bits per heavy atom. The number of amides is 5. The minimum Gasteiger partial charge on any atom is -0.464 e. The van der Waals surface area contributed by atoms with Crippen LogP contribution in [0.1, 0.15) is 67.7 Å². The van der Waals surface area contributed by atoms with Gasteiger partial charge in [-0.25, -0.2) is 9.59 Å². The second-order valence-electron chi connectivity index (χ2n) is 14.8. The number of Topliss-reactive ketones (excluding diaryl/α,β-unsaturated/α-hetero) is 1. The number of hydrogen-bond donors (Lipinski definition) is 4. The number of hydrogen-bond acceptors (Lipinski definition) is 7. The van der Waals surface area contributed by atoms with Gasteiger partial charge in [-0.05, 0) is 47.3 Å². The topological polar surface area (TPSA) is 163 Å². The number of halogens is 3. The summed E-state index contributed by atoms with van der Waals surface area (Å²) in [7, 11) is 0. The number of nitrogens with zero attached hydrogens (tertiary/aromatic N) is 1. The number of piperidine rings is 1. The zero-order valence-electron chi connectivity index (χ0n) is 28.1. The summed E-state index contributed by atoms with van der Waals surface area (Å²) in [5, 5.41) is 9.47. The summed E-state index contributed by atoms with van der Waals surface area (Å²) in [4.78, 5) is 79.9. The highest BCUT2D eigenvalue weighted by atomic mass is 19.4. The van der Waals surface area contributed by atoms with E-state index in [1.54, 1.807) is 34.6 Å². The van der Waals surface area contributed by atoms with Gasteiger partial charge in [-0.15, -0.1) is 6.58 Å². The Kier molecular flexibility index (Phi) is 11.4. The van der Waals surface area contributed by atoms with Gasteiger partial charge < -0.3 is 30.9 Å². The van der Waals surface area contributed by atoms with E-state index in [1.165, 1.54) is 11.0 Å². The van der Waals surface area contributed by atoms with Crippen LogP contribution in [0.4, 0.5) is 18.0 Å². The first kappa shape index (κ1) is 37.8. The van der Waals surface area contributed by atoms with Gasteiger partial charge in [0.25, 0.3) is 5.91 Å². The SMILES string of the molecule is C=CCNC(=O)C(=O)C(CC(F)(F)F)NC(=O)[C@@H]1[C@@H]2[C@H](CN1C(=O)[C@@H](NC(=O)N[C@H](C(=O)OCC1CC1)C(C)C)C(C)(C)C)C2(C)C. The van der Waals surface area contributed by atoms with E-state index in [9.17, 15) is 41.9 Å². The van der Waals surface area contributed by atoms with E-state index in [0.29, 0.717) is 5.92 Å². The molecule has 264 valence electrons. The zero-order chi connectivity index (χ0) is 35.6. The molecule has 2 aliphatic carbocycles. The van der Waals surface area contributed by atoms with Crippen molar-refractivity contribution in [2.45, 2.75) is 98.1 Å². The quantitative estimate of drug-likeness (QED) is 0.125. The molecule has 1 aliphatic heterocycles. The maximum absolute atomic E-state index is 14.1. The molecule has 47 heavy (non-hydrogen) atoms. The second kappa shape index (κ2) is 14.2. The van der Waals surface area contributed by atoms with Crippen molar-refractivity contribution in [1.29, 1.82) is 0 Å². The van der Waals surface area contributed by atoms with Gasteiger partial charge >= 0.3 is 18.2 Å². The number of carbonyl (C=O) groups is 6. The minimum atomic E-state index is -4.90. The first-order valence-electron chi connectivity index (χ1n) is 15.9. The number of ether oxygens (including phenoxy) is 1. The zero-order valence-corrected chi connectivity index (χ0v) is 28.1. The molecule has 0 bridgehead atoms. The van der Waals surface area contributed by atoms with Crippen LogP contribution >= 0.6 is 0 Å².